The molecule has 0 saturated heterocycles. The molecule has 0 saturated carbocycles. The smallest absolute Gasteiger partial charge is 0.413 e. The maximum atomic E-state index is 14.1. The van der Waals surface area contributed by atoms with Crippen molar-refractivity contribution >= 4 is 47.6 Å². The van der Waals surface area contributed by atoms with Crippen molar-refractivity contribution in [1.29, 1.82) is 0 Å². The largest absolute Gasteiger partial charge is 0.481 e. The van der Waals surface area contributed by atoms with Crippen molar-refractivity contribution in [3.63, 3.8) is 0 Å². The van der Waals surface area contributed by atoms with E-state index in [-0.39, 0.29) is 19.1 Å². The van der Waals surface area contributed by atoms with Gasteiger partial charge in [0.1, 0.15) is 29.8 Å². The number of esters is 1. The maximum absolute atomic E-state index is 14.1. The molecule has 392 valence electrons. The molecule has 5 aromatic carbocycles. The van der Waals surface area contributed by atoms with Gasteiger partial charge in [-0.3, -0.25) is 50.0 Å². The summed E-state index contributed by atoms with van der Waals surface area (Å²) in [6.07, 6.45) is -2.61. The van der Waals surface area contributed by atoms with Gasteiger partial charge >= 0.3 is 18.0 Å². The summed E-state index contributed by atoms with van der Waals surface area (Å²) >= 11 is 0. The van der Waals surface area contributed by atoms with Crippen molar-refractivity contribution in [3.05, 3.63) is 180 Å². The zero-order valence-corrected chi connectivity index (χ0v) is 41.8. The molecule has 3 atom stereocenters. The topological polar surface area (TPSA) is 283 Å². The predicted octanol–water partition coefficient (Wildman–Crippen LogP) is 4.59. The van der Waals surface area contributed by atoms with E-state index < -0.39 is 109 Å². The normalized spacial score (nSPS) is 13.5. The standard InChI is InChI=1S/C56H61N7O12/c1-5-31-74-55(57,30-29-48(66)67)52(71)60-44(32-46(64)62-63-56(36-19-9-6-10-20-36,37-21-11-7-12-22-37)38-23-13-8-14-24-38)50(69)58-34-47(65)59-45(33-49(68)75-54(2,3)4)51(70)61-53(72)73-35-43-41-27-17-15-25-39(41)40-26-16-18-28-42(40)43/h5-28,43-45,63H,1,29-35,57H2,2-4H3,(H,58,69)(H,59,65)(H,60,71)(H,62,64)(H,66,67)(H,61,70,72)/t44-,45+,55-/m1/s1. The summed E-state index contributed by atoms with van der Waals surface area (Å²) in [4.78, 5) is 107. The number of aliphatic carboxylic acids is 1. The molecule has 0 fully saturated rings. The SMILES string of the molecule is C=CCO[C@](N)(CCC(=O)O)C(=O)N[C@H](CC(=O)NNC(c1ccccc1)(c1ccccc1)c1ccccc1)C(=O)NCC(=O)N[C@@H](CC(=O)OC(C)(C)C)C(=O)NC(=O)OCC1c2ccccc2-c2ccccc21. The fraction of sp³-hybridized carbons (Fsp3) is 0.286. The number of hydrazine groups is 1. The molecule has 19 heteroatoms. The Bertz CT molecular complexity index is 2720. The molecule has 1 aliphatic rings. The molecule has 1 aliphatic carbocycles. The molecule has 5 aromatic rings. The van der Waals surface area contributed by atoms with E-state index in [1.54, 1.807) is 20.8 Å². The highest BCUT2D eigenvalue weighted by Gasteiger charge is 2.40. The van der Waals surface area contributed by atoms with Gasteiger partial charge in [-0.2, -0.15) is 0 Å². The Morgan fingerprint density at radius 2 is 1.19 bits per heavy atom. The number of carboxylic acids is 1. The van der Waals surface area contributed by atoms with Gasteiger partial charge in [0.05, 0.1) is 26.0 Å². The van der Waals surface area contributed by atoms with Gasteiger partial charge in [0.15, 0.2) is 5.72 Å². The maximum Gasteiger partial charge on any atom is 0.413 e. The lowest BCUT2D eigenvalue weighted by molar-refractivity contribution is -0.156. The van der Waals surface area contributed by atoms with Crippen LogP contribution in [0.25, 0.3) is 11.1 Å². The van der Waals surface area contributed by atoms with Crippen LogP contribution in [0.2, 0.25) is 0 Å². The van der Waals surface area contributed by atoms with E-state index >= 15 is 0 Å². The number of benzene rings is 5. The molecule has 6 amide bonds. The molecule has 9 N–H and O–H groups in total. The summed E-state index contributed by atoms with van der Waals surface area (Å²) in [6.45, 7) is 6.98. The van der Waals surface area contributed by atoms with Crippen molar-refractivity contribution in [3.8, 4) is 11.1 Å². The van der Waals surface area contributed by atoms with Crippen molar-refractivity contribution < 1.29 is 57.7 Å². The van der Waals surface area contributed by atoms with Crippen LogP contribution in [0.5, 0.6) is 0 Å². The van der Waals surface area contributed by atoms with Crippen LogP contribution < -0.4 is 37.9 Å². The minimum Gasteiger partial charge on any atom is -0.481 e. The molecule has 0 radical (unpaired) electrons. The van der Waals surface area contributed by atoms with Crippen LogP contribution in [0.3, 0.4) is 0 Å². The van der Waals surface area contributed by atoms with Crippen molar-refractivity contribution in [2.24, 2.45) is 5.73 Å². The predicted molar refractivity (Wildman–Crippen MR) is 276 cm³/mol. The number of alkyl carbamates (subject to hydrolysis) is 1. The molecule has 0 bridgehead atoms. The van der Waals surface area contributed by atoms with Gasteiger partial charge in [0.2, 0.25) is 17.7 Å². The number of carbonyl (C=O) groups is 8. The first-order chi connectivity index (χ1) is 35.8. The second-order valence-corrected chi connectivity index (χ2v) is 18.6. The number of carbonyl (C=O) groups excluding carboxylic acids is 7. The third kappa shape index (κ3) is 14.8. The van der Waals surface area contributed by atoms with Crippen LogP contribution in [0.4, 0.5) is 4.79 Å². The third-order valence-corrected chi connectivity index (χ3v) is 12.0. The number of nitrogens with one attached hydrogen (secondary N) is 6. The van der Waals surface area contributed by atoms with Crippen LogP contribution >= 0.6 is 0 Å². The summed E-state index contributed by atoms with van der Waals surface area (Å²) in [5, 5.41) is 18.6. The van der Waals surface area contributed by atoms with Crippen molar-refractivity contribution in [2.45, 2.75) is 81.3 Å². The first kappa shape index (κ1) is 55.8. The number of amides is 6. The average molecular weight is 1020 g/mol. The van der Waals surface area contributed by atoms with Crippen LogP contribution in [-0.2, 0) is 53.3 Å². The second-order valence-electron chi connectivity index (χ2n) is 18.6. The average Bonchev–Trinajstić information content (AvgIpc) is 3.71. The molecule has 19 nitrogen and oxygen atoms in total. The van der Waals surface area contributed by atoms with E-state index in [4.69, 9.17) is 19.9 Å². The van der Waals surface area contributed by atoms with E-state index in [1.165, 1.54) is 6.08 Å². The van der Waals surface area contributed by atoms with E-state index in [0.717, 1.165) is 38.9 Å². The van der Waals surface area contributed by atoms with E-state index in [0.29, 0.717) is 0 Å². The fourth-order valence-electron chi connectivity index (χ4n) is 8.54. The van der Waals surface area contributed by atoms with Crippen LogP contribution in [0.15, 0.2) is 152 Å². The van der Waals surface area contributed by atoms with Crippen LogP contribution in [-0.4, -0.2) is 95.8 Å². The Morgan fingerprint density at radius 3 is 1.69 bits per heavy atom. The van der Waals surface area contributed by atoms with E-state index in [9.17, 15) is 43.5 Å². The highest BCUT2D eigenvalue weighted by atomic mass is 16.6. The Balaban J connectivity index is 1.19. The summed E-state index contributed by atoms with van der Waals surface area (Å²) in [5.74, 6) is -7.86. The molecule has 0 unspecified atom stereocenters. The minimum atomic E-state index is -2.34. The van der Waals surface area contributed by atoms with Crippen LogP contribution in [0, 0.1) is 0 Å². The lowest BCUT2D eigenvalue weighted by Crippen LogP contribution is -2.62. The molecule has 0 aromatic heterocycles. The number of rotatable bonds is 24. The monoisotopic (exact) mass is 1020 g/mol. The molecular formula is C56H61N7O12. The molecule has 0 aliphatic heterocycles. The number of hydrogen-bond donors (Lipinski definition) is 8. The number of imide groups is 1. The fourth-order valence-corrected chi connectivity index (χ4v) is 8.54. The molecule has 0 spiro atoms. The van der Waals surface area contributed by atoms with E-state index in [2.05, 4.69) is 38.7 Å². The Labute approximate surface area is 433 Å². The van der Waals surface area contributed by atoms with Gasteiger partial charge < -0.3 is 35.3 Å². The molecule has 6 rings (SSSR count). The molecule has 0 heterocycles. The lowest BCUT2D eigenvalue weighted by Gasteiger charge is -2.37. The minimum absolute atomic E-state index is 0.146. The summed E-state index contributed by atoms with van der Waals surface area (Å²) in [5.41, 5.74) is 13.6. The number of hydrogen-bond acceptors (Lipinski definition) is 13. The summed E-state index contributed by atoms with van der Waals surface area (Å²) in [6, 6.07) is 39.5. The third-order valence-electron chi connectivity index (χ3n) is 12.0. The zero-order valence-electron chi connectivity index (χ0n) is 41.8. The van der Waals surface area contributed by atoms with Gasteiger partial charge in [-0.15, -0.1) is 6.58 Å². The lowest BCUT2D eigenvalue weighted by atomic mass is 9.77. The molecule has 75 heavy (non-hydrogen) atoms. The first-order valence-corrected chi connectivity index (χ1v) is 24.1. The van der Waals surface area contributed by atoms with Crippen molar-refractivity contribution in [2.75, 3.05) is 19.8 Å². The van der Waals surface area contributed by atoms with E-state index in [1.807, 2.05) is 140 Å². The zero-order chi connectivity index (χ0) is 54.2. The van der Waals surface area contributed by atoms with Gasteiger partial charge in [0.25, 0.3) is 11.8 Å². The van der Waals surface area contributed by atoms with Gasteiger partial charge in [-0.25, -0.2) is 10.2 Å². The summed E-state index contributed by atoms with van der Waals surface area (Å²) < 4.78 is 16.4. The number of ether oxygens (including phenoxy) is 3. The highest BCUT2D eigenvalue weighted by Crippen LogP contribution is 2.44. The van der Waals surface area contributed by atoms with Gasteiger partial charge in [-0.1, -0.05) is 146 Å². The highest BCUT2D eigenvalue weighted by molar-refractivity contribution is 6.00. The Hall–Kier alpha value is -8.52. The van der Waals surface area contributed by atoms with Gasteiger partial charge in [0, 0.05) is 18.8 Å². The Morgan fingerprint density at radius 1 is 0.680 bits per heavy atom. The molecular weight excluding hydrogens is 963 g/mol. The second kappa shape index (κ2) is 25.4. The van der Waals surface area contributed by atoms with Crippen LogP contribution in [0.1, 0.15) is 80.2 Å². The number of carboxylic acid groups (broad SMARTS) is 1. The van der Waals surface area contributed by atoms with Gasteiger partial charge in [-0.05, 0) is 59.7 Å². The quantitative estimate of drug-likeness (QED) is 0.0138. The van der Waals surface area contributed by atoms with Crippen molar-refractivity contribution in [1.82, 2.24) is 32.1 Å². The summed E-state index contributed by atoms with van der Waals surface area (Å²) in [7, 11) is 0. The number of fused-ring (bicyclic) bond motifs is 3. The Kier molecular flexibility index (Phi) is 18.9. The first-order valence-electron chi connectivity index (χ1n) is 24.1. The number of nitrogens with two attached hydrogens (primary N) is 1.